The number of nitrogens with one attached hydrogen (secondary N) is 1. The van der Waals surface area contributed by atoms with Crippen molar-refractivity contribution in [3.8, 4) is 5.75 Å². The maximum Gasteiger partial charge on any atom is 0.224 e. The predicted molar refractivity (Wildman–Crippen MR) is 107 cm³/mol. The Kier molecular flexibility index (Phi) is 7.68. The van der Waals surface area contributed by atoms with Gasteiger partial charge in [0.2, 0.25) is 15.9 Å². The van der Waals surface area contributed by atoms with Gasteiger partial charge in [0, 0.05) is 13.1 Å². The molecule has 0 aromatic heterocycles. The Balaban J connectivity index is 2.10. The summed E-state index contributed by atoms with van der Waals surface area (Å²) in [6.45, 7) is 6.67. The molecule has 1 N–H and O–H groups in total. The van der Waals surface area contributed by atoms with E-state index >= 15 is 0 Å². The fourth-order valence-electron chi connectivity index (χ4n) is 3.47. The minimum Gasteiger partial charge on any atom is -0.497 e. The molecule has 2 atom stereocenters. The summed E-state index contributed by atoms with van der Waals surface area (Å²) in [6, 6.07) is 7.64. The van der Waals surface area contributed by atoms with Gasteiger partial charge >= 0.3 is 0 Å². The molecule has 0 bridgehead atoms. The van der Waals surface area contributed by atoms with Gasteiger partial charge in [-0.2, -0.15) is 0 Å². The second-order valence-electron chi connectivity index (χ2n) is 7.56. The highest BCUT2D eigenvalue weighted by Crippen LogP contribution is 2.26. The summed E-state index contributed by atoms with van der Waals surface area (Å²) < 4.78 is 31.0. The van der Waals surface area contributed by atoms with Crippen molar-refractivity contribution >= 4 is 15.9 Å². The standard InChI is InChI=1S/C20H32N2O4S/c1-5-27(24,25)22-12-6-7-17(14-22)20(23)21-19(13-15(2)3)16-8-10-18(26-4)11-9-16/h8-11,15,17,19H,5-7,12-14H2,1-4H3,(H,21,23)/t17-,19+/m0/s1. The molecular formula is C20H32N2O4S. The molecule has 0 unspecified atom stereocenters. The van der Waals surface area contributed by atoms with Crippen molar-refractivity contribution in [2.45, 2.75) is 46.1 Å². The quantitative estimate of drug-likeness (QED) is 0.733. The summed E-state index contributed by atoms with van der Waals surface area (Å²) in [6.07, 6.45) is 2.26. The van der Waals surface area contributed by atoms with Gasteiger partial charge in [-0.05, 0) is 49.8 Å². The molecular weight excluding hydrogens is 364 g/mol. The molecule has 0 spiro atoms. The van der Waals surface area contributed by atoms with Crippen LogP contribution in [0.5, 0.6) is 5.75 Å². The molecule has 2 rings (SSSR count). The number of piperidine rings is 1. The zero-order chi connectivity index (χ0) is 20.0. The van der Waals surface area contributed by atoms with Crippen molar-refractivity contribution in [3.63, 3.8) is 0 Å². The number of rotatable bonds is 8. The van der Waals surface area contributed by atoms with Gasteiger partial charge in [0.1, 0.15) is 5.75 Å². The summed E-state index contributed by atoms with van der Waals surface area (Å²) in [5.74, 6) is 0.908. The maximum atomic E-state index is 12.9. The van der Waals surface area contributed by atoms with Gasteiger partial charge in [-0.3, -0.25) is 4.79 Å². The lowest BCUT2D eigenvalue weighted by Crippen LogP contribution is -2.46. The molecule has 0 saturated carbocycles. The highest BCUT2D eigenvalue weighted by molar-refractivity contribution is 7.89. The van der Waals surface area contributed by atoms with Gasteiger partial charge in [-0.25, -0.2) is 12.7 Å². The van der Waals surface area contributed by atoms with Gasteiger partial charge in [0.15, 0.2) is 0 Å². The summed E-state index contributed by atoms with van der Waals surface area (Å²) in [7, 11) is -1.63. The van der Waals surface area contributed by atoms with Crippen molar-refractivity contribution < 1.29 is 17.9 Å². The number of carbonyl (C=O) groups is 1. The third-order valence-electron chi connectivity index (χ3n) is 5.05. The van der Waals surface area contributed by atoms with Crippen LogP contribution in [0.1, 0.15) is 51.6 Å². The SMILES string of the molecule is CCS(=O)(=O)N1CCC[C@H](C(=O)N[C@H](CC(C)C)c2ccc(OC)cc2)C1. The maximum absolute atomic E-state index is 12.9. The van der Waals surface area contributed by atoms with Crippen molar-refractivity contribution in [2.24, 2.45) is 11.8 Å². The molecule has 1 aliphatic heterocycles. The summed E-state index contributed by atoms with van der Waals surface area (Å²) in [5, 5.41) is 3.16. The lowest BCUT2D eigenvalue weighted by Gasteiger charge is -2.32. The van der Waals surface area contributed by atoms with E-state index in [9.17, 15) is 13.2 Å². The zero-order valence-electron chi connectivity index (χ0n) is 16.8. The van der Waals surface area contributed by atoms with Crippen LogP contribution in [-0.4, -0.2) is 44.6 Å². The Morgan fingerprint density at radius 3 is 2.52 bits per heavy atom. The zero-order valence-corrected chi connectivity index (χ0v) is 17.6. The fraction of sp³-hybridized carbons (Fsp3) is 0.650. The number of carbonyl (C=O) groups excluding carboxylic acids is 1. The van der Waals surface area contributed by atoms with Gasteiger partial charge < -0.3 is 10.1 Å². The first kappa shape index (κ1) is 21.7. The first-order chi connectivity index (χ1) is 12.8. The molecule has 1 aliphatic rings. The van der Waals surface area contributed by atoms with Crippen molar-refractivity contribution in [1.29, 1.82) is 0 Å². The molecule has 7 heteroatoms. The number of hydrogen-bond acceptors (Lipinski definition) is 4. The smallest absolute Gasteiger partial charge is 0.224 e. The van der Waals surface area contributed by atoms with E-state index in [-0.39, 0.29) is 30.2 Å². The molecule has 1 aromatic rings. The number of ether oxygens (including phenoxy) is 1. The van der Waals surface area contributed by atoms with Crippen LogP contribution in [0.25, 0.3) is 0 Å². The average Bonchev–Trinajstić information content (AvgIpc) is 2.67. The number of hydrogen-bond donors (Lipinski definition) is 1. The summed E-state index contributed by atoms with van der Waals surface area (Å²) in [4.78, 5) is 12.9. The van der Waals surface area contributed by atoms with Crippen LogP contribution in [0.15, 0.2) is 24.3 Å². The number of benzene rings is 1. The van der Waals surface area contributed by atoms with Crippen LogP contribution in [-0.2, 0) is 14.8 Å². The number of sulfonamides is 1. The molecule has 0 aliphatic carbocycles. The minimum absolute atomic E-state index is 0.0625. The van der Waals surface area contributed by atoms with Gasteiger partial charge in [-0.1, -0.05) is 26.0 Å². The predicted octanol–water partition coefficient (Wildman–Crippen LogP) is 2.96. The Morgan fingerprint density at radius 2 is 1.96 bits per heavy atom. The highest BCUT2D eigenvalue weighted by Gasteiger charge is 2.32. The fourth-order valence-corrected chi connectivity index (χ4v) is 4.65. The highest BCUT2D eigenvalue weighted by atomic mass is 32.2. The lowest BCUT2D eigenvalue weighted by molar-refractivity contribution is -0.127. The third-order valence-corrected chi connectivity index (χ3v) is 6.90. The second-order valence-corrected chi connectivity index (χ2v) is 9.82. The Hall–Kier alpha value is -1.60. The molecule has 27 heavy (non-hydrogen) atoms. The van der Waals surface area contributed by atoms with Crippen LogP contribution in [0.3, 0.4) is 0 Å². The second kappa shape index (κ2) is 9.55. The largest absolute Gasteiger partial charge is 0.497 e. The van der Waals surface area contributed by atoms with Crippen molar-refractivity contribution in [2.75, 3.05) is 26.0 Å². The van der Waals surface area contributed by atoms with Crippen molar-refractivity contribution in [1.82, 2.24) is 9.62 Å². The van der Waals surface area contributed by atoms with Gasteiger partial charge in [-0.15, -0.1) is 0 Å². The Labute approximate surface area is 163 Å². The minimum atomic E-state index is -3.26. The lowest BCUT2D eigenvalue weighted by atomic mass is 9.94. The van der Waals surface area contributed by atoms with E-state index in [1.54, 1.807) is 14.0 Å². The van der Waals surface area contributed by atoms with Crippen LogP contribution < -0.4 is 10.1 Å². The molecule has 0 radical (unpaired) electrons. The van der Waals surface area contributed by atoms with E-state index in [1.807, 2.05) is 24.3 Å². The van der Waals surface area contributed by atoms with E-state index in [4.69, 9.17) is 4.74 Å². The molecule has 1 fully saturated rings. The number of methoxy groups -OCH3 is 1. The monoisotopic (exact) mass is 396 g/mol. The number of nitrogens with zero attached hydrogens (tertiary/aromatic N) is 1. The molecule has 1 amide bonds. The summed E-state index contributed by atoms with van der Waals surface area (Å²) in [5.41, 5.74) is 1.03. The van der Waals surface area contributed by atoms with E-state index in [2.05, 4.69) is 19.2 Å². The van der Waals surface area contributed by atoms with Gasteiger partial charge in [0.05, 0.1) is 24.8 Å². The van der Waals surface area contributed by atoms with Crippen LogP contribution >= 0.6 is 0 Å². The normalized spacial score (nSPS) is 19.7. The molecule has 152 valence electrons. The van der Waals surface area contributed by atoms with E-state index < -0.39 is 10.0 Å². The van der Waals surface area contributed by atoms with Crippen LogP contribution in [0.2, 0.25) is 0 Å². The first-order valence-corrected chi connectivity index (χ1v) is 11.3. The molecule has 1 heterocycles. The Morgan fingerprint density at radius 1 is 1.30 bits per heavy atom. The van der Waals surface area contributed by atoms with E-state index in [1.165, 1.54) is 4.31 Å². The van der Waals surface area contributed by atoms with Crippen LogP contribution in [0, 0.1) is 11.8 Å². The van der Waals surface area contributed by atoms with E-state index in [0.29, 0.717) is 18.9 Å². The molecule has 6 nitrogen and oxygen atoms in total. The average molecular weight is 397 g/mol. The third kappa shape index (κ3) is 5.94. The molecule has 1 aromatic carbocycles. The van der Waals surface area contributed by atoms with Crippen LogP contribution in [0.4, 0.5) is 0 Å². The van der Waals surface area contributed by atoms with E-state index in [0.717, 1.165) is 24.2 Å². The van der Waals surface area contributed by atoms with Crippen molar-refractivity contribution in [3.05, 3.63) is 29.8 Å². The first-order valence-electron chi connectivity index (χ1n) is 9.69. The molecule has 1 saturated heterocycles. The van der Waals surface area contributed by atoms with Gasteiger partial charge in [0.25, 0.3) is 0 Å². The Bertz CT molecular complexity index is 716. The number of amides is 1. The topological polar surface area (TPSA) is 75.7 Å². The summed E-state index contributed by atoms with van der Waals surface area (Å²) >= 11 is 0.